The van der Waals surface area contributed by atoms with Gasteiger partial charge < -0.3 is 5.73 Å². The van der Waals surface area contributed by atoms with Crippen LogP contribution in [0.15, 0.2) is 24.3 Å². The number of Topliss-reactive ketones (excluding diaryl/α,β-unsaturated/α-hetero) is 1. The van der Waals surface area contributed by atoms with E-state index in [0.717, 1.165) is 31.5 Å². The van der Waals surface area contributed by atoms with Crippen LogP contribution in [0.3, 0.4) is 0 Å². The molecule has 0 spiro atoms. The van der Waals surface area contributed by atoms with Crippen LogP contribution in [-0.2, 0) is 4.79 Å². The summed E-state index contributed by atoms with van der Waals surface area (Å²) in [5.74, 6) is 0.634. The minimum absolute atomic E-state index is 0.179. The average molecular weight is 258 g/mol. The second-order valence-corrected chi connectivity index (χ2v) is 5.86. The third-order valence-electron chi connectivity index (χ3n) is 4.60. The molecule has 0 aromatic heterocycles. The van der Waals surface area contributed by atoms with Gasteiger partial charge in [-0.15, -0.1) is 0 Å². The standard InChI is InChI=1S/C16H22N2O/c1-2-8-18-13-6-7-14(15(19)10-13)16(18)11-4-3-5-12(17)9-11/h3-5,9,13-14,16H,2,6-8,10,17H2,1H3. The number of piperidine rings is 2. The molecule has 4 rings (SSSR count). The van der Waals surface area contributed by atoms with Crippen molar-refractivity contribution in [1.82, 2.24) is 4.90 Å². The average Bonchev–Trinajstić information content (AvgIpc) is 2.40. The van der Waals surface area contributed by atoms with Gasteiger partial charge in [0.1, 0.15) is 5.78 Å². The Kier molecular flexibility index (Phi) is 3.31. The largest absolute Gasteiger partial charge is 0.399 e. The molecule has 2 aliphatic heterocycles. The Morgan fingerprint density at radius 2 is 2.21 bits per heavy atom. The zero-order valence-electron chi connectivity index (χ0n) is 11.5. The number of fused-ring (bicyclic) bond motifs is 3. The number of nitrogens with two attached hydrogens (primary N) is 1. The number of rotatable bonds is 3. The van der Waals surface area contributed by atoms with E-state index in [2.05, 4.69) is 17.9 Å². The molecule has 1 aromatic rings. The summed E-state index contributed by atoms with van der Waals surface area (Å²) in [7, 11) is 0. The lowest BCUT2D eigenvalue weighted by molar-refractivity contribution is -0.138. The molecular formula is C16H22N2O. The van der Waals surface area contributed by atoms with Gasteiger partial charge in [-0.1, -0.05) is 19.1 Å². The van der Waals surface area contributed by atoms with Crippen LogP contribution in [0.2, 0.25) is 0 Å². The van der Waals surface area contributed by atoms with Gasteiger partial charge in [0, 0.05) is 30.1 Å². The van der Waals surface area contributed by atoms with Crippen molar-refractivity contribution >= 4 is 11.5 Å². The summed E-state index contributed by atoms with van der Waals surface area (Å²) in [5, 5.41) is 0. The van der Waals surface area contributed by atoms with Crippen LogP contribution in [0.25, 0.3) is 0 Å². The number of nitrogens with zero attached hydrogens (tertiary/aromatic N) is 1. The van der Waals surface area contributed by atoms with Gasteiger partial charge in [-0.05, 0) is 43.5 Å². The highest BCUT2D eigenvalue weighted by molar-refractivity contribution is 5.84. The van der Waals surface area contributed by atoms with Crippen molar-refractivity contribution in [2.45, 2.75) is 44.7 Å². The molecular weight excluding hydrogens is 236 g/mol. The molecule has 3 fully saturated rings. The maximum Gasteiger partial charge on any atom is 0.139 e. The second kappa shape index (κ2) is 4.97. The molecule has 3 aliphatic rings. The first-order valence-corrected chi connectivity index (χ1v) is 7.34. The molecule has 1 aromatic carbocycles. The van der Waals surface area contributed by atoms with Crippen LogP contribution in [0.5, 0.6) is 0 Å². The van der Waals surface area contributed by atoms with Gasteiger partial charge in [-0.25, -0.2) is 0 Å². The smallest absolute Gasteiger partial charge is 0.139 e. The van der Waals surface area contributed by atoms with E-state index >= 15 is 0 Å². The highest BCUT2D eigenvalue weighted by Gasteiger charge is 2.46. The molecule has 3 heteroatoms. The molecule has 2 heterocycles. The van der Waals surface area contributed by atoms with Crippen molar-refractivity contribution < 1.29 is 4.79 Å². The Bertz CT molecular complexity index is 485. The lowest BCUT2D eigenvalue weighted by Crippen LogP contribution is -2.54. The zero-order valence-corrected chi connectivity index (χ0v) is 11.5. The molecule has 2 bridgehead atoms. The van der Waals surface area contributed by atoms with E-state index in [4.69, 9.17) is 5.73 Å². The zero-order chi connectivity index (χ0) is 13.4. The van der Waals surface area contributed by atoms with Gasteiger partial charge in [-0.2, -0.15) is 0 Å². The fourth-order valence-electron chi connectivity index (χ4n) is 3.84. The molecule has 1 aliphatic carbocycles. The van der Waals surface area contributed by atoms with Crippen LogP contribution in [0.4, 0.5) is 5.69 Å². The minimum Gasteiger partial charge on any atom is -0.399 e. The molecule has 3 atom stereocenters. The van der Waals surface area contributed by atoms with Crippen molar-refractivity contribution in [3.63, 3.8) is 0 Å². The van der Waals surface area contributed by atoms with Crippen molar-refractivity contribution in [3.05, 3.63) is 29.8 Å². The quantitative estimate of drug-likeness (QED) is 0.848. The number of ketones is 1. The van der Waals surface area contributed by atoms with Gasteiger partial charge in [0.05, 0.1) is 0 Å². The number of nitrogen functional groups attached to an aromatic ring is 1. The molecule has 3 nitrogen and oxygen atoms in total. The number of benzene rings is 1. The maximum absolute atomic E-state index is 12.2. The first kappa shape index (κ1) is 12.7. The molecule has 2 saturated heterocycles. The summed E-state index contributed by atoms with van der Waals surface area (Å²) in [6, 6.07) is 8.78. The van der Waals surface area contributed by atoms with Crippen molar-refractivity contribution in [2.24, 2.45) is 5.92 Å². The number of hydrogen-bond donors (Lipinski definition) is 1. The SMILES string of the molecule is CCCN1C2CCC(C(=O)C2)C1c1cccc(N)c1. The predicted octanol–water partition coefficient (Wildman–Crippen LogP) is 2.77. The molecule has 3 unspecified atom stereocenters. The van der Waals surface area contributed by atoms with Crippen LogP contribution < -0.4 is 5.73 Å². The minimum atomic E-state index is 0.179. The van der Waals surface area contributed by atoms with Crippen molar-refractivity contribution in [1.29, 1.82) is 0 Å². The van der Waals surface area contributed by atoms with Crippen LogP contribution in [-0.4, -0.2) is 23.3 Å². The predicted molar refractivity (Wildman–Crippen MR) is 76.7 cm³/mol. The second-order valence-electron chi connectivity index (χ2n) is 5.86. The van der Waals surface area contributed by atoms with E-state index in [1.54, 1.807) is 0 Å². The Morgan fingerprint density at radius 1 is 1.37 bits per heavy atom. The fraction of sp³-hybridized carbons (Fsp3) is 0.562. The van der Waals surface area contributed by atoms with E-state index in [0.29, 0.717) is 11.8 Å². The third-order valence-corrected chi connectivity index (χ3v) is 4.60. The summed E-state index contributed by atoms with van der Waals surface area (Å²) in [6.45, 7) is 3.29. The third kappa shape index (κ3) is 2.16. The lowest BCUT2D eigenvalue weighted by Gasteiger charge is -2.50. The molecule has 2 N–H and O–H groups in total. The molecule has 19 heavy (non-hydrogen) atoms. The van der Waals surface area contributed by atoms with E-state index in [-0.39, 0.29) is 12.0 Å². The highest BCUT2D eigenvalue weighted by atomic mass is 16.1. The summed E-state index contributed by atoms with van der Waals surface area (Å²) in [5.41, 5.74) is 7.93. The van der Waals surface area contributed by atoms with Crippen LogP contribution >= 0.6 is 0 Å². The topological polar surface area (TPSA) is 46.3 Å². The molecule has 1 saturated carbocycles. The summed E-state index contributed by atoms with van der Waals surface area (Å²) < 4.78 is 0. The van der Waals surface area contributed by atoms with E-state index in [1.165, 1.54) is 12.0 Å². The first-order chi connectivity index (χ1) is 9.20. The van der Waals surface area contributed by atoms with E-state index in [1.807, 2.05) is 18.2 Å². The Hall–Kier alpha value is -1.35. The summed E-state index contributed by atoms with van der Waals surface area (Å²) >= 11 is 0. The van der Waals surface area contributed by atoms with E-state index in [9.17, 15) is 4.79 Å². The van der Waals surface area contributed by atoms with Crippen LogP contribution in [0, 0.1) is 5.92 Å². The summed E-state index contributed by atoms with van der Waals surface area (Å²) in [4.78, 5) is 14.8. The Balaban J connectivity index is 1.97. The normalized spacial score (nSPS) is 30.8. The number of carbonyl (C=O) groups excluding carboxylic acids is 1. The van der Waals surface area contributed by atoms with Gasteiger partial charge in [0.25, 0.3) is 0 Å². The van der Waals surface area contributed by atoms with Crippen molar-refractivity contribution in [3.8, 4) is 0 Å². The van der Waals surface area contributed by atoms with Gasteiger partial charge in [0.15, 0.2) is 0 Å². The Labute approximate surface area is 114 Å². The maximum atomic E-state index is 12.2. The van der Waals surface area contributed by atoms with Gasteiger partial charge in [-0.3, -0.25) is 9.69 Å². The first-order valence-electron chi connectivity index (χ1n) is 7.34. The monoisotopic (exact) mass is 258 g/mol. The van der Waals surface area contributed by atoms with Crippen LogP contribution in [0.1, 0.15) is 44.2 Å². The Morgan fingerprint density at radius 3 is 2.89 bits per heavy atom. The molecule has 0 radical (unpaired) electrons. The molecule has 102 valence electrons. The number of carbonyl (C=O) groups is 1. The van der Waals surface area contributed by atoms with Crippen molar-refractivity contribution in [2.75, 3.05) is 12.3 Å². The number of anilines is 1. The highest BCUT2D eigenvalue weighted by Crippen LogP contribution is 2.45. The molecule has 0 amide bonds. The number of hydrogen-bond acceptors (Lipinski definition) is 3. The van der Waals surface area contributed by atoms with Gasteiger partial charge in [0.2, 0.25) is 0 Å². The van der Waals surface area contributed by atoms with E-state index < -0.39 is 0 Å². The fourth-order valence-corrected chi connectivity index (χ4v) is 3.84. The van der Waals surface area contributed by atoms with Gasteiger partial charge >= 0.3 is 0 Å². The summed E-state index contributed by atoms with van der Waals surface area (Å²) in [6.07, 6.45) is 4.11. The lowest BCUT2D eigenvalue weighted by atomic mass is 9.71.